The van der Waals surface area contributed by atoms with E-state index in [2.05, 4.69) is 4.98 Å². The predicted molar refractivity (Wildman–Crippen MR) is 138 cm³/mol. The van der Waals surface area contributed by atoms with Gasteiger partial charge in [0, 0.05) is 11.3 Å². The average molecular weight is 501 g/mol. The number of anilines is 1. The number of aromatic nitrogens is 1. The molecule has 7 nitrogen and oxygen atoms in total. The molecule has 182 valence electrons. The molecule has 2 aromatic heterocycles. The van der Waals surface area contributed by atoms with Crippen LogP contribution < -0.4 is 9.64 Å². The van der Waals surface area contributed by atoms with Crippen LogP contribution in [0.15, 0.2) is 82.5 Å². The van der Waals surface area contributed by atoms with Gasteiger partial charge in [-0.1, -0.05) is 30.3 Å². The molecule has 0 bridgehead atoms. The van der Waals surface area contributed by atoms with Crippen molar-refractivity contribution in [1.82, 2.24) is 4.98 Å². The lowest BCUT2D eigenvalue weighted by Crippen LogP contribution is -2.30. The Morgan fingerprint density at radius 2 is 1.81 bits per heavy atom. The van der Waals surface area contributed by atoms with Gasteiger partial charge in [-0.25, -0.2) is 4.98 Å². The monoisotopic (exact) mass is 500 g/mol. The molecule has 36 heavy (non-hydrogen) atoms. The summed E-state index contributed by atoms with van der Waals surface area (Å²) >= 11 is 1.23. The number of hydrogen-bond acceptors (Lipinski definition) is 7. The van der Waals surface area contributed by atoms with Gasteiger partial charge >= 0.3 is 0 Å². The Kier molecular flexibility index (Phi) is 6.20. The second-order valence-electron chi connectivity index (χ2n) is 8.34. The van der Waals surface area contributed by atoms with Gasteiger partial charge in [0.1, 0.15) is 28.3 Å². The normalized spacial score (nSPS) is 15.6. The second kappa shape index (κ2) is 9.47. The first-order valence-electron chi connectivity index (χ1n) is 11.5. The van der Waals surface area contributed by atoms with E-state index in [0.717, 1.165) is 5.56 Å². The lowest BCUT2D eigenvalue weighted by atomic mass is 9.99. The molecule has 3 heterocycles. The van der Waals surface area contributed by atoms with Crippen LogP contribution in [0.3, 0.4) is 0 Å². The SMILES string of the molecule is CCOc1ccc(N2C(=O)C(O)=C(C(=O)c3sc(-c4ccccc4)nc3C)C2c2ccc(C)o2)cc1. The van der Waals surface area contributed by atoms with Crippen LogP contribution >= 0.6 is 11.3 Å². The molecule has 1 aliphatic rings. The molecule has 1 aliphatic heterocycles. The molecule has 1 unspecified atom stereocenters. The molecule has 0 spiro atoms. The molecule has 8 heteroatoms. The van der Waals surface area contributed by atoms with Crippen molar-refractivity contribution < 1.29 is 23.8 Å². The van der Waals surface area contributed by atoms with Crippen molar-refractivity contribution in [2.75, 3.05) is 11.5 Å². The molecule has 1 atom stereocenters. The maximum Gasteiger partial charge on any atom is 0.294 e. The van der Waals surface area contributed by atoms with E-state index in [4.69, 9.17) is 9.15 Å². The number of rotatable bonds is 7. The van der Waals surface area contributed by atoms with Crippen LogP contribution in [0.2, 0.25) is 0 Å². The van der Waals surface area contributed by atoms with Crippen LogP contribution in [-0.2, 0) is 4.79 Å². The highest BCUT2D eigenvalue weighted by Gasteiger charge is 2.46. The Hall–Kier alpha value is -4.17. The Morgan fingerprint density at radius 3 is 2.44 bits per heavy atom. The van der Waals surface area contributed by atoms with E-state index < -0.39 is 23.5 Å². The number of nitrogens with zero attached hydrogens (tertiary/aromatic N) is 2. The quantitative estimate of drug-likeness (QED) is 0.304. The van der Waals surface area contributed by atoms with Crippen molar-refractivity contribution in [2.24, 2.45) is 0 Å². The van der Waals surface area contributed by atoms with Crippen LogP contribution in [-0.4, -0.2) is 28.4 Å². The third-order valence-corrected chi connectivity index (χ3v) is 7.14. The van der Waals surface area contributed by atoms with E-state index in [1.807, 2.05) is 37.3 Å². The van der Waals surface area contributed by atoms with Crippen LogP contribution in [0.1, 0.15) is 39.9 Å². The summed E-state index contributed by atoms with van der Waals surface area (Å²) in [7, 11) is 0. The summed E-state index contributed by atoms with van der Waals surface area (Å²) in [5.41, 5.74) is 1.89. The van der Waals surface area contributed by atoms with E-state index in [0.29, 0.717) is 45.1 Å². The summed E-state index contributed by atoms with van der Waals surface area (Å²) in [5.74, 6) is -0.0600. The molecule has 4 aromatic rings. The zero-order valence-corrected chi connectivity index (χ0v) is 20.8. The maximum atomic E-state index is 13.9. The zero-order chi connectivity index (χ0) is 25.4. The number of aryl methyl sites for hydroxylation is 2. The number of carbonyl (C=O) groups excluding carboxylic acids is 2. The van der Waals surface area contributed by atoms with Gasteiger partial charge in [-0.05, 0) is 57.2 Å². The summed E-state index contributed by atoms with van der Waals surface area (Å²) < 4.78 is 11.4. The van der Waals surface area contributed by atoms with Crippen molar-refractivity contribution in [2.45, 2.75) is 26.8 Å². The zero-order valence-electron chi connectivity index (χ0n) is 20.0. The number of hydrogen-bond donors (Lipinski definition) is 1. The highest BCUT2D eigenvalue weighted by atomic mass is 32.1. The Morgan fingerprint density at radius 1 is 1.08 bits per heavy atom. The molecule has 0 radical (unpaired) electrons. The number of benzene rings is 2. The number of carbonyl (C=O) groups is 2. The number of ketones is 1. The topological polar surface area (TPSA) is 92.9 Å². The van der Waals surface area contributed by atoms with Crippen molar-refractivity contribution >= 4 is 28.7 Å². The number of thiazole rings is 1. The van der Waals surface area contributed by atoms with E-state index in [1.54, 1.807) is 50.2 Å². The number of aliphatic hydroxyl groups is 1. The number of aliphatic hydroxyl groups excluding tert-OH is 1. The van der Waals surface area contributed by atoms with E-state index >= 15 is 0 Å². The highest BCUT2D eigenvalue weighted by Crippen LogP contribution is 2.44. The molecule has 5 rings (SSSR count). The molecule has 0 aliphatic carbocycles. The summed E-state index contributed by atoms with van der Waals surface area (Å²) in [6.07, 6.45) is 0. The lowest BCUT2D eigenvalue weighted by Gasteiger charge is -2.25. The lowest BCUT2D eigenvalue weighted by molar-refractivity contribution is -0.117. The number of ether oxygens (including phenoxy) is 1. The summed E-state index contributed by atoms with van der Waals surface area (Å²) in [5, 5.41) is 11.7. The van der Waals surface area contributed by atoms with E-state index in [-0.39, 0.29) is 5.57 Å². The van der Waals surface area contributed by atoms with Crippen LogP contribution in [0.5, 0.6) is 5.75 Å². The molecule has 0 fully saturated rings. The largest absolute Gasteiger partial charge is 0.503 e. The van der Waals surface area contributed by atoms with Crippen LogP contribution in [0.4, 0.5) is 5.69 Å². The predicted octanol–water partition coefficient (Wildman–Crippen LogP) is 6.20. The van der Waals surface area contributed by atoms with Crippen molar-refractivity contribution in [3.05, 3.63) is 100 Å². The molecule has 0 saturated carbocycles. The molecule has 2 aromatic carbocycles. The first-order valence-corrected chi connectivity index (χ1v) is 12.3. The molecular weight excluding hydrogens is 476 g/mol. The van der Waals surface area contributed by atoms with E-state index in [1.165, 1.54) is 16.2 Å². The number of furan rings is 1. The minimum atomic E-state index is -0.932. The van der Waals surface area contributed by atoms with E-state index in [9.17, 15) is 14.7 Å². The molecule has 1 N–H and O–H groups in total. The van der Waals surface area contributed by atoms with Gasteiger partial charge in [0.2, 0.25) is 5.78 Å². The summed E-state index contributed by atoms with van der Waals surface area (Å²) in [6, 6.07) is 19.0. The first-order chi connectivity index (χ1) is 17.4. The first kappa shape index (κ1) is 23.6. The Bertz CT molecular complexity index is 1470. The standard InChI is InChI=1S/C28H24N2O5S/c1-4-34-20-13-11-19(12-14-20)30-23(21-15-10-16(2)35-21)22(25(32)28(30)33)24(31)26-17(3)29-27(36-26)18-8-6-5-7-9-18/h5-15,23,32H,4H2,1-3H3. The highest BCUT2D eigenvalue weighted by molar-refractivity contribution is 7.17. The minimum Gasteiger partial charge on any atom is -0.503 e. The van der Waals surface area contributed by atoms with Gasteiger partial charge in [0.25, 0.3) is 5.91 Å². The van der Waals surface area contributed by atoms with Crippen LogP contribution in [0.25, 0.3) is 10.6 Å². The van der Waals surface area contributed by atoms with Gasteiger partial charge in [-0.2, -0.15) is 0 Å². The van der Waals surface area contributed by atoms with Crippen molar-refractivity contribution in [3.8, 4) is 16.3 Å². The van der Waals surface area contributed by atoms with Crippen molar-refractivity contribution in [1.29, 1.82) is 0 Å². The van der Waals surface area contributed by atoms with Gasteiger partial charge in [-0.15, -0.1) is 11.3 Å². The number of Topliss-reactive ketones (excluding diaryl/α,β-unsaturated/α-hetero) is 1. The second-order valence-corrected chi connectivity index (χ2v) is 9.34. The average Bonchev–Trinajstić information content (AvgIpc) is 3.56. The third kappa shape index (κ3) is 4.09. The van der Waals surface area contributed by atoms with Crippen LogP contribution in [0, 0.1) is 13.8 Å². The van der Waals surface area contributed by atoms with Gasteiger partial charge in [0.15, 0.2) is 5.76 Å². The fourth-order valence-corrected chi connectivity index (χ4v) is 5.30. The molecule has 0 saturated heterocycles. The number of amides is 1. The minimum absolute atomic E-state index is 0.0328. The van der Waals surface area contributed by atoms with Gasteiger partial charge in [-0.3, -0.25) is 14.5 Å². The fraction of sp³-hybridized carbons (Fsp3) is 0.179. The van der Waals surface area contributed by atoms with Crippen molar-refractivity contribution in [3.63, 3.8) is 0 Å². The smallest absolute Gasteiger partial charge is 0.294 e. The maximum absolute atomic E-state index is 13.9. The summed E-state index contributed by atoms with van der Waals surface area (Å²) in [6.45, 7) is 5.93. The van der Waals surface area contributed by atoms with Gasteiger partial charge in [0.05, 0.1) is 22.8 Å². The third-order valence-electron chi connectivity index (χ3n) is 5.93. The Balaban J connectivity index is 1.58. The fourth-order valence-electron chi connectivity index (χ4n) is 4.28. The summed E-state index contributed by atoms with van der Waals surface area (Å²) in [4.78, 5) is 33.6. The molecule has 1 amide bonds. The van der Waals surface area contributed by atoms with Gasteiger partial charge < -0.3 is 14.3 Å². The Labute approximate surface area is 212 Å². The molecular formula is C28H24N2O5S.